The van der Waals surface area contributed by atoms with Crippen LogP contribution in [0, 0.1) is 5.92 Å². The molecule has 2 rings (SSSR count). The van der Waals surface area contributed by atoms with Crippen LogP contribution >= 0.6 is 28.3 Å². The minimum absolute atomic E-state index is 0. The van der Waals surface area contributed by atoms with Crippen LogP contribution in [0.5, 0.6) is 0 Å². The molecular formula is C11H15BrClN. The highest BCUT2D eigenvalue weighted by atomic mass is 79.9. The van der Waals surface area contributed by atoms with Crippen molar-refractivity contribution in [1.29, 1.82) is 0 Å². The maximum Gasteiger partial charge on any atom is 0.0308 e. The molecule has 1 atom stereocenters. The molecule has 1 nitrogen and oxygen atoms in total. The molecule has 0 spiro atoms. The van der Waals surface area contributed by atoms with E-state index in [1.807, 2.05) is 12.1 Å². The number of benzene rings is 1. The van der Waals surface area contributed by atoms with Gasteiger partial charge >= 0.3 is 0 Å². The van der Waals surface area contributed by atoms with E-state index in [2.05, 4.69) is 28.1 Å². The van der Waals surface area contributed by atoms with Gasteiger partial charge in [0.15, 0.2) is 0 Å². The molecule has 1 saturated carbocycles. The first-order valence-corrected chi connectivity index (χ1v) is 5.56. The minimum atomic E-state index is 0. The summed E-state index contributed by atoms with van der Waals surface area (Å²) in [6.07, 6.45) is 3.89. The summed E-state index contributed by atoms with van der Waals surface area (Å²) in [7, 11) is 0. The predicted octanol–water partition coefficient (Wildman–Crippen LogP) is 3.67. The predicted molar refractivity (Wildman–Crippen MR) is 65.7 cm³/mol. The molecule has 0 unspecified atom stereocenters. The van der Waals surface area contributed by atoms with Crippen LogP contribution in [0.4, 0.5) is 0 Å². The Kier molecular flexibility index (Phi) is 4.42. The maximum atomic E-state index is 6.11. The molecule has 0 aromatic heterocycles. The molecule has 14 heavy (non-hydrogen) atoms. The Hall–Kier alpha value is -0.0500. The third-order valence-corrected chi connectivity index (χ3v) is 3.31. The Labute approximate surface area is 99.6 Å². The molecule has 0 amide bonds. The second kappa shape index (κ2) is 5.15. The van der Waals surface area contributed by atoms with Gasteiger partial charge in [0.25, 0.3) is 0 Å². The SMILES string of the molecule is Cl.N[C@@H](CC1CC1)c1ccccc1Br. The molecule has 0 bridgehead atoms. The van der Waals surface area contributed by atoms with Gasteiger partial charge in [0, 0.05) is 10.5 Å². The van der Waals surface area contributed by atoms with E-state index in [0.29, 0.717) is 0 Å². The van der Waals surface area contributed by atoms with Crippen molar-refractivity contribution >= 4 is 28.3 Å². The lowest BCUT2D eigenvalue weighted by atomic mass is 10.0. The van der Waals surface area contributed by atoms with Gasteiger partial charge < -0.3 is 5.73 Å². The molecule has 1 aliphatic rings. The molecule has 1 aromatic carbocycles. The van der Waals surface area contributed by atoms with E-state index < -0.39 is 0 Å². The van der Waals surface area contributed by atoms with Gasteiger partial charge in [-0.25, -0.2) is 0 Å². The molecule has 1 fully saturated rings. The Morgan fingerprint density at radius 3 is 2.57 bits per heavy atom. The molecule has 78 valence electrons. The number of nitrogens with two attached hydrogens (primary N) is 1. The van der Waals surface area contributed by atoms with E-state index in [4.69, 9.17) is 5.73 Å². The van der Waals surface area contributed by atoms with Gasteiger partial charge in [-0.2, -0.15) is 0 Å². The Morgan fingerprint density at radius 2 is 2.00 bits per heavy atom. The lowest BCUT2D eigenvalue weighted by Crippen LogP contribution is -2.11. The van der Waals surface area contributed by atoms with E-state index in [1.54, 1.807) is 0 Å². The first-order chi connectivity index (χ1) is 6.27. The van der Waals surface area contributed by atoms with E-state index >= 15 is 0 Å². The highest BCUT2D eigenvalue weighted by molar-refractivity contribution is 9.10. The summed E-state index contributed by atoms with van der Waals surface area (Å²) in [5.41, 5.74) is 7.35. The summed E-state index contributed by atoms with van der Waals surface area (Å²) in [5, 5.41) is 0. The number of hydrogen-bond acceptors (Lipinski definition) is 1. The lowest BCUT2D eigenvalue weighted by molar-refractivity contribution is 0.595. The zero-order chi connectivity index (χ0) is 9.26. The standard InChI is InChI=1S/C11H14BrN.ClH/c12-10-4-2-1-3-9(10)11(13)7-8-5-6-8;/h1-4,8,11H,5-7,13H2;1H/t11-;/m0./s1. The van der Waals surface area contributed by atoms with Crippen molar-refractivity contribution in [3.8, 4) is 0 Å². The average molecular weight is 277 g/mol. The fraction of sp³-hybridized carbons (Fsp3) is 0.455. The number of hydrogen-bond donors (Lipinski definition) is 1. The molecule has 0 saturated heterocycles. The Bertz CT molecular complexity index is 299. The van der Waals surface area contributed by atoms with E-state index in [9.17, 15) is 0 Å². The van der Waals surface area contributed by atoms with Crippen LogP contribution in [0.1, 0.15) is 30.9 Å². The fourth-order valence-corrected chi connectivity index (χ4v) is 2.19. The van der Waals surface area contributed by atoms with Crippen molar-refractivity contribution in [3.63, 3.8) is 0 Å². The largest absolute Gasteiger partial charge is 0.324 e. The van der Waals surface area contributed by atoms with Crippen LogP contribution in [-0.2, 0) is 0 Å². The van der Waals surface area contributed by atoms with Crippen molar-refractivity contribution in [2.24, 2.45) is 11.7 Å². The van der Waals surface area contributed by atoms with Gasteiger partial charge in [0.2, 0.25) is 0 Å². The van der Waals surface area contributed by atoms with Crippen LogP contribution in [-0.4, -0.2) is 0 Å². The summed E-state index contributed by atoms with van der Waals surface area (Å²) in [4.78, 5) is 0. The number of rotatable bonds is 3. The Morgan fingerprint density at radius 1 is 1.36 bits per heavy atom. The van der Waals surface area contributed by atoms with Crippen molar-refractivity contribution in [1.82, 2.24) is 0 Å². The molecule has 1 aliphatic carbocycles. The van der Waals surface area contributed by atoms with E-state index in [1.165, 1.54) is 18.4 Å². The normalized spacial score (nSPS) is 17.3. The summed E-state index contributed by atoms with van der Waals surface area (Å²) >= 11 is 3.53. The van der Waals surface area contributed by atoms with Gasteiger partial charge in [0.1, 0.15) is 0 Å². The van der Waals surface area contributed by atoms with Crippen LogP contribution in [0.2, 0.25) is 0 Å². The molecular weight excluding hydrogens is 261 g/mol. The van der Waals surface area contributed by atoms with Gasteiger partial charge in [-0.05, 0) is 24.0 Å². The van der Waals surface area contributed by atoms with Crippen molar-refractivity contribution in [2.45, 2.75) is 25.3 Å². The molecule has 1 aromatic rings. The van der Waals surface area contributed by atoms with E-state index in [-0.39, 0.29) is 18.4 Å². The smallest absolute Gasteiger partial charge is 0.0308 e. The van der Waals surface area contributed by atoms with Gasteiger partial charge in [-0.3, -0.25) is 0 Å². The van der Waals surface area contributed by atoms with Crippen molar-refractivity contribution in [3.05, 3.63) is 34.3 Å². The zero-order valence-electron chi connectivity index (χ0n) is 7.95. The van der Waals surface area contributed by atoms with Crippen LogP contribution in [0.25, 0.3) is 0 Å². The zero-order valence-corrected chi connectivity index (χ0v) is 10.4. The third-order valence-electron chi connectivity index (χ3n) is 2.59. The highest BCUT2D eigenvalue weighted by Gasteiger charge is 2.24. The topological polar surface area (TPSA) is 26.0 Å². The third kappa shape index (κ3) is 2.97. The molecule has 0 aliphatic heterocycles. The van der Waals surface area contributed by atoms with Crippen LogP contribution in [0.15, 0.2) is 28.7 Å². The van der Waals surface area contributed by atoms with Gasteiger partial charge in [0.05, 0.1) is 0 Å². The van der Waals surface area contributed by atoms with Crippen LogP contribution < -0.4 is 5.73 Å². The first-order valence-electron chi connectivity index (χ1n) is 4.77. The number of halogens is 2. The van der Waals surface area contributed by atoms with Crippen molar-refractivity contribution < 1.29 is 0 Å². The second-order valence-electron chi connectivity index (χ2n) is 3.81. The monoisotopic (exact) mass is 275 g/mol. The molecule has 3 heteroatoms. The molecule has 0 radical (unpaired) electrons. The molecule has 2 N–H and O–H groups in total. The average Bonchev–Trinajstić information content (AvgIpc) is 2.89. The summed E-state index contributed by atoms with van der Waals surface area (Å²) < 4.78 is 1.14. The second-order valence-corrected chi connectivity index (χ2v) is 4.66. The summed E-state index contributed by atoms with van der Waals surface area (Å²) in [5.74, 6) is 0.891. The van der Waals surface area contributed by atoms with Gasteiger partial charge in [-0.15, -0.1) is 12.4 Å². The maximum absolute atomic E-state index is 6.11. The van der Waals surface area contributed by atoms with E-state index in [0.717, 1.165) is 16.8 Å². The first kappa shape index (κ1) is 12.0. The minimum Gasteiger partial charge on any atom is -0.324 e. The summed E-state index contributed by atoms with van der Waals surface area (Å²) in [6, 6.07) is 8.45. The Balaban J connectivity index is 0.000000980. The lowest BCUT2D eigenvalue weighted by Gasteiger charge is -2.12. The molecule has 0 heterocycles. The van der Waals surface area contributed by atoms with Crippen LogP contribution in [0.3, 0.4) is 0 Å². The summed E-state index contributed by atoms with van der Waals surface area (Å²) in [6.45, 7) is 0. The fourth-order valence-electron chi connectivity index (χ4n) is 1.62. The highest BCUT2D eigenvalue weighted by Crippen LogP contribution is 2.37. The van der Waals surface area contributed by atoms with Crippen molar-refractivity contribution in [2.75, 3.05) is 0 Å². The quantitative estimate of drug-likeness (QED) is 0.895. The van der Waals surface area contributed by atoms with Gasteiger partial charge in [-0.1, -0.05) is 47.0 Å².